The predicted octanol–water partition coefficient (Wildman–Crippen LogP) is 1.05. The number of rotatable bonds is 4. The molecular weight excluding hydrogens is 328 g/mol. The van der Waals surface area contributed by atoms with Crippen LogP contribution < -0.4 is 5.32 Å². The van der Waals surface area contributed by atoms with E-state index in [2.05, 4.69) is 5.32 Å². The average Bonchev–Trinajstić information content (AvgIpc) is 3.03. The summed E-state index contributed by atoms with van der Waals surface area (Å²) in [6.45, 7) is 2.75. The number of amides is 1. The van der Waals surface area contributed by atoms with E-state index < -0.39 is 10.0 Å². The SMILES string of the molecule is CNC(=O)[C@@H]1C[C@@H]2OCC[C@@H]2N(S(=O)(=O)Cc2ccc(C)cc2)C1. The highest BCUT2D eigenvalue weighted by Crippen LogP contribution is 2.34. The third-order valence-electron chi connectivity index (χ3n) is 4.91. The van der Waals surface area contributed by atoms with Gasteiger partial charge in [0.15, 0.2) is 0 Å². The fourth-order valence-electron chi connectivity index (χ4n) is 3.59. The van der Waals surface area contributed by atoms with Gasteiger partial charge in [-0.1, -0.05) is 29.8 Å². The molecule has 1 aromatic carbocycles. The molecular formula is C17H24N2O4S. The second kappa shape index (κ2) is 6.82. The fraction of sp³-hybridized carbons (Fsp3) is 0.588. The number of piperidine rings is 1. The zero-order valence-corrected chi connectivity index (χ0v) is 14.9. The quantitative estimate of drug-likeness (QED) is 0.879. The Morgan fingerprint density at radius 3 is 2.71 bits per heavy atom. The van der Waals surface area contributed by atoms with Crippen molar-refractivity contribution in [3.8, 4) is 0 Å². The molecule has 0 aliphatic carbocycles. The molecule has 0 radical (unpaired) electrons. The summed E-state index contributed by atoms with van der Waals surface area (Å²) >= 11 is 0. The van der Waals surface area contributed by atoms with Crippen molar-refractivity contribution in [3.63, 3.8) is 0 Å². The van der Waals surface area contributed by atoms with Gasteiger partial charge in [0.2, 0.25) is 15.9 Å². The minimum atomic E-state index is -3.50. The number of benzene rings is 1. The van der Waals surface area contributed by atoms with Crippen LogP contribution in [0, 0.1) is 12.8 Å². The van der Waals surface area contributed by atoms with Gasteiger partial charge >= 0.3 is 0 Å². The van der Waals surface area contributed by atoms with Crippen LogP contribution >= 0.6 is 0 Å². The number of nitrogens with zero attached hydrogens (tertiary/aromatic N) is 1. The van der Waals surface area contributed by atoms with E-state index >= 15 is 0 Å². The van der Waals surface area contributed by atoms with E-state index in [1.54, 1.807) is 7.05 Å². The Balaban J connectivity index is 1.83. The number of aryl methyl sites for hydroxylation is 1. The third kappa shape index (κ3) is 3.48. The summed E-state index contributed by atoms with van der Waals surface area (Å²) in [7, 11) is -1.93. The molecule has 0 unspecified atom stereocenters. The van der Waals surface area contributed by atoms with E-state index in [0.29, 0.717) is 19.4 Å². The molecule has 0 spiro atoms. The maximum absolute atomic E-state index is 13.0. The average molecular weight is 352 g/mol. The van der Waals surface area contributed by atoms with E-state index in [9.17, 15) is 13.2 Å². The highest BCUT2D eigenvalue weighted by atomic mass is 32.2. The van der Waals surface area contributed by atoms with E-state index in [0.717, 1.165) is 11.1 Å². The lowest BCUT2D eigenvalue weighted by molar-refractivity contribution is -0.127. The largest absolute Gasteiger partial charge is 0.376 e. The van der Waals surface area contributed by atoms with Crippen molar-refractivity contribution in [2.75, 3.05) is 20.2 Å². The molecule has 3 rings (SSSR count). The predicted molar refractivity (Wildman–Crippen MR) is 90.8 cm³/mol. The number of hydrogen-bond acceptors (Lipinski definition) is 4. The van der Waals surface area contributed by atoms with Crippen LogP contribution in [0.4, 0.5) is 0 Å². The highest BCUT2D eigenvalue weighted by Gasteiger charge is 2.46. The molecule has 1 N–H and O–H groups in total. The van der Waals surface area contributed by atoms with Gasteiger partial charge in [0, 0.05) is 20.2 Å². The Hall–Kier alpha value is -1.44. The molecule has 6 nitrogen and oxygen atoms in total. The van der Waals surface area contributed by atoms with Crippen LogP contribution in [0.15, 0.2) is 24.3 Å². The smallest absolute Gasteiger partial charge is 0.224 e. The first-order valence-electron chi connectivity index (χ1n) is 8.29. The number of sulfonamides is 1. The Morgan fingerprint density at radius 2 is 2.04 bits per heavy atom. The monoisotopic (exact) mass is 352 g/mol. The molecule has 1 amide bonds. The van der Waals surface area contributed by atoms with Crippen LogP contribution in [0.3, 0.4) is 0 Å². The molecule has 2 aliphatic heterocycles. The molecule has 3 atom stereocenters. The van der Waals surface area contributed by atoms with Gasteiger partial charge in [0.1, 0.15) is 0 Å². The van der Waals surface area contributed by atoms with E-state index in [4.69, 9.17) is 4.74 Å². The topological polar surface area (TPSA) is 75.7 Å². The molecule has 0 aromatic heterocycles. The lowest BCUT2D eigenvalue weighted by atomic mass is 9.91. The van der Waals surface area contributed by atoms with Crippen molar-refractivity contribution in [1.82, 2.24) is 9.62 Å². The lowest BCUT2D eigenvalue weighted by Gasteiger charge is -2.39. The minimum Gasteiger partial charge on any atom is -0.376 e. The maximum Gasteiger partial charge on any atom is 0.224 e. The first-order chi connectivity index (χ1) is 11.4. The normalized spacial score (nSPS) is 27.7. The van der Waals surface area contributed by atoms with Crippen molar-refractivity contribution in [1.29, 1.82) is 0 Å². The van der Waals surface area contributed by atoms with Gasteiger partial charge in [-0.15, -0.1) is 0 Å². The minimum absolute atomic E-state index is 0.0447. The third-order valence-corrected chi connectivity index (χ3v) is 6.74. The Kier molecular flexibility index (Phi) is 4.94. The molecule has 132 valence electrons. The van der Waals surface area contributed by atoms with Crippen LogP contribution in [-0.2, 0) is 25.3 Å². The van der Waals surface area contributed by atoms with E-state index in [1.165, 1.54) is 4.31 Å². The zero-order valence-electron chi connectivity index (χ0n) is 14.1. The summed E-state index contributed by atoms with van der Waals surface area (Å²) in [5.41, 5.74) is 1.86. The maximum atomic E-state index is 13.0. The summed E-state index contributed by atoms with van der Waals surface area (Å²) in [5.74, 6) is -0.529. The van der Waals surface area contributed by atoms with Crippen molar-refractivity contribution >= 4 is 15.9 Å². The Bertz CT molecular complexity index is 702. The summed E-state index contributed by atoms with van der Waals surface area (Å²) in [6, 6.07) is 7.36. The summed E-state index contributed by atoms with van der Waals surface area (Å²) in [6.07, 6.45) is 1.09. The van der Waals surface area contributed by atoms with E-state index in [-0.39, 0.29) is 36.3 Å². The molecule has 0 bridgehead atoms. The molecule has 1 aromatic rings. The number of fused-ring (bicyclic) bond motifs is 1. The summed E-state index contributed by atoms with van der Waals surface area (Å²) in [4.78, 5) is 12.0. The fourth-order valence-corrected chi connectivity index (χ4v) is 5.43. The summed E-state index contributed by atoms with van der Waals surface area (Å²) < 4.78 is 33.2. The van der Waals surface area contributed by atoms with Crippen molar-refractivity contribution in [2.45, 2.75) is 37.7 Å². The number of hydrogen-bond donors (Lipinski definition) is 1. The molecule has 2 aliphatic rings. The Labute approximate surface area is 143 Å². The molecule has 7 heteroatoms. The number of carbonyl (C=O) groups excluding carboxylic acids is 1. The second-order valence-corrected chi connectivity index (χ2v) is 8.55. The molecule has 2 fully saturated rings. The standard InChI is InChI=1S/C17H24N2O4S/c1-12-3-5-13(6-4-12)11-24(21,22)19-10-14(17(20)18-2)9-16-15(19)7-8-23-16/h3-6,14-16H,7-11H2,1-2H3,(H,18,20)/t14-,15+,16+/m1/s1. The van der Waals surface area contributed by atoms with Crippen molar-refractivity contribution < 1.29 is 17.9 Å². The number of ether oxygens (including phenoxy) is 1. The summed E-state index contributed by atoms with van der Waals surface area (Å²) in [5, 5.41) is 2.63. The van der Waals surface area contributed by atoms with Crippen LogP contribution in [0.5, 0.6) is 0 Å². The van der Waals surface area contributed by atoms with Gasteiger partial charge in [-0.25, -0.2) is 8.42 Å². The van der Waals surface area contributed by atoms with Crippen molar-refractivity contribution in [3.05, 3.63) is 35.4 Å². The van der Waals surface area contributed by atoms with Gasteiger partial charge in [-0.3, -0.25) is 4.79 Å². The van der Waals surface area contributed by atoms with Crippen LogP contribution in [0.2, 0.25) is 0 Å². The highest BCUT2D eigenvalue weighted by molar-refractivity contribution is 7.88. The van der Waals surface area contributed by atoms with Gasteiger partial charge in [-0.2, -0.15) is 4.31 Å². The van der Waals surface area contributed by atoms with Crippen LogP contribution in [0.25, 0.3) is 0 Å². The molecule has 2 saturated heterocycles. The van der Waals surface area contributed by atoms with Gasteiger partial charge in [-0.05, 0) is 25.3 Å². The van der Waals surface area contributed by atoms with Gasteiger partial charge in [0.25, 0.3) is 0 Å². The van der Waals surface area contributed by atoms with Gasteiger partial charge in [0.05, 0.1) is 23.8 Å². The first-order valence-corrected chi connectivity index (χ1v) is 9.90. The first kappa shape index (κ1) is 17.4. The van der Waals surface area contributed by atoms with Gasteiger partial charge < -0.3 is 10.1 Å². The Morgan fingerprint density at radius 1 is 1.33 bits per heavy atom. The van der Waals surface area contributed by atoms with Crippen LogP contribution in [0.1, 0.15) is 24.0 Å². The second-order valence-electron chi connectivity index (χ2n) is 6.62. The molecule has 0 saturated carbocycles. The van der Waals surface area contributed by atoms with E-state index in [1.807, 2.05) is 31.2 Å². The number of carbonyl (C=O) groups is 1. The lowest BCUT2D eigenvalue weighted by Crippen LogP contribution is -2.54. The van der Waals surface area contributed by atoms with Crippen LogP contribution in [-0.4, -0.2) is 51.0 Å². The number of nitrogens with one attached hydrogen (secondary N) is 1. The molecule has 24 heavy (non-hydrogen) atoms. The zero-order chi connectivity index (χ0) is 17.3. The molecule has 2 heterocycles. The van der Waals surface area contributed by atoms with Crippen molar-refractivity contribution in [2.24, 2.45) is 5.92 Å².